The van der Waals surface area contributed by atoms with Crippen molar-refractivity contribution >= 4 is 40.4 Å². The van der Waals surface area contributed by atoms with Gasteiger partial charge in [0.05, 0.1) is 16.5 Å². The van der Waals surface area contributed by atoms with Gasteiger partial charge in [0.25, 0.3) is 17.4 Å². The van der Waals surface area contributed by atoms with Crippen LogP contribution in [0.3, 0.4) is 0 Å². The van der Waals surface area contributed by atoms with E-state index in [0.29, 0.717) is 16.9 Å². The minimum absolute atomic E-state index is 0.129. The van der Waals surface area contributed by atoms with E-state index < -0.39 is 28.4 Å². The van der Waals surface area contributed by atoms with Crippen molar-refractivity contribution < 1.29 is 24.4 Å². The lowest BCUT2D eigenvalue weighted by atomic mass is 9.95. The summed E-state index contributed by atoms with van der Waals surface area (Å²) in [6.45, 7) is 1.38. The summed E-state index contributed by atoms with van der Waals surface area (Å²) in [6.07, 6.45) is 0. The van der Waals surface area contributed by atoms with E-state index in [1.165, 1.54) is 36.1 Å². The zero-order valence-corrected chi connectivity index (χ0v) is 18.0. The van der Waals surface area contributed by atoms with Crippen molar-refractivity contribution in [2.24, 2.45) is 0 Å². The van der Waals surface area contributed by atoms with Gasteiger partial charge in [-0.3, -0.25) is 29.4 Å². The summed E-state index contributed by atoms with van der Waals surface area (Å²) in [4.78, 5) is 49.2. The first-order valence-electron chi connectivity index (χ1n) is 10.3. The number of benzene rings is 3. The average molecular weight is 457 g/mol. The van der Waals surface area contributed by atoms with E-state index in [1.807, 2.05) is 0 Å². The molecule has 1 saturated heterocycles. The van der Waals surface area contributed by atoms with E-state index in [0.717, 1.165) is 0 Å². The van der Waals surface area contributed by atoms with Gasteiger partial charge in [-0.25, -0.2) is 0 Å². The quantitative estimate of drug-likeness (QED) is 0.194. The van der Waals surface area contributed by atoms with Crippen molar-refractivity contribution in [3.63, 3.8) is 0 Å². The highest BCUT2D eigenvalue weighted by molar-refractivity contribution is 6.51. The minimum atomic E-state index is -0.928. The summed E-state index contributed by atoms with van der Waals surface area (Å²) in [5.41, 5.74) is 1.39. The number of rotatable bonds is 5. The highest BCUT2D eigenvalue weighted by atomic mass is 16.6. The third-order valence-corrected chi connectivity index (χ3v) is 5.38. The number of Topliss-reactive ketones (excluding diaryl/α,β-unsaturated/α-hetero) is 1. The number of aliphatic hydroxyl groups excluding tert-OH is 1. The van der Waals surface area contributed by atoms with Crippen LogP contribution in [0.15, 0.2) is 84.4 Å². The molecule has 1 aliphatic rings. The van der Waals surface area contributed by atoms with Crippen molar-refractivity contribution in [1.29, 1.82) is 0 Å². The Morgan fingerprint density at radius 2 is 1.59 bits per heavy atom. The Balaban J connectivity index is 1.84. The van der Waals surface area contributed by atoms with Gasteiger partial charge in [0.15, 0.2) is 0 Å². The number of hydrogen-bond acceptors (Lipinski definition) is 6. The molecule has 1 unspecified atom stereocenters. The third kappa shape index (κ3) is 4.14. The Bertz CT molecular complexity index is 1320. The largest absolute Gasteiger partial charge is 0.507 e. The van der Waals surface area contributed by atoms with Crippen LogP contribution in [-0.2, 0) is 14.4 Å². The van der Waals surface area contributed by atoms with Crippen LogP contribution in [0.5, 0.6) is 0 Å². The molecule has 0 aromatic heterocycles. The number of hydrogen-bond donors (Lipinski definition) is 2. The lowest BCUT2D eigenvalue weighted by molar-refractivity contribution is -0.384. The van der Waals surface area contributed by atoms with Gasteiger partial charge >= 0.3 is 0 Å². The number of anilines is 2. The van der Waals surface area contributed by atoms with Crippen LogP contribution in [0.2, 0.25) is 0 Å². The van der Waals surface area contributed by atoms with Crippen LogP contribution in [0, 0.1) is 10.1 Å². The van der Waals surface area contributed by atoms with Crippen molar-refractivity contribution in [3.05, 3.63) is 106 Å². The first-order chi connectivity index (χ1) is 16.3. The number of ketones is 1. The Kier molecular flexibility index (Phi) is 5.92. The zero-order valence-electron chi connectivity index (χ0n) is 18.0. The summed E-state index contributed by atoms with van der Waals surface area (Å²) in [6, 6.07) is 19.3. The van der Waals surface area contributed by atoms with Gasteiger partial charge < -0.3 is 10.4 Å². The fraction of sp³-hybridized carbons (Fsp3) is 0.0800. The Labute approximate surface area is 194 Å². The molecular formula is C25H19N3O6. The van der Waals surface area contributed by atoms with Gasteiger partial charge in [0.2, 0.25) is 5.91 Å². The van der Waals surface area contributed by atoms with Crippen LogP contribution < -0.4 is 10.2 Å². The molecule has 0 aliphatic carbocycles. The van der Waals surface area contributed by atoms with Gasteiger partial charge in [0, 0.05) is 36.0 Å². The van der Waals surface area contributed by atoms with Crippen molar-refractivity contribution in [2.75, 3.05) is 10.2 Å². The lowest BCUT2D eigenvalue weighted by Gasteiger charge is -2.25. The standard InChI is InChI=1S/C25H19N3O6/c1-15(29)26-18-9-13-19(14-10-18)27-22(16-5-3-2-4-6-16)21(24(31)25(27)32)23(30)17-7-11-20(12-8-17)28(33)34/h2-14,22,30H,1H3,(H,26,29)/b23-21-. The van der Waals surface area contributed by atoms with Crippen LogP contribution >= 0.6 is 0 Å². The number of nitrogens with zero attached hydrogens (tertiary/aromatic N) is 2. The molecular weight excluding hydrogens is 438 g/mol. The van der Waals surface area contributed by atoms with Crippen LogP contribution in [0.1, 0.15) is 24.1 Å². The summed E-state index contributed by atoms with van der Waals surface area (Å²) >= 11 is 0. The van der Waals surface area contributed by atoms with Crippen molar-refractivity contribution in [1.82, 2.24) is 0 Å². The maximum absolute atomic E-state index is 13.1. The maximum atomic E-state index is 13.1. The second kappa shape index (κ2) is 8.99. The van der Waals surface area contributed by atoms with Crippen molar-refractivity contribution in [2.45, 2.75) is 13.0 Å². The number of aliphatic hydroxyl groups is 1. The second-order valence-corrected chi connectivity index (χ2v) is 7.61. The van der Waals surface area contributed by atoms with E-state index in [1.54, 1.807) is 54.6 Å². The molecule has 4 rings (SSSR count). The SMILES string of the molecule is CC(=O)Nc1ccc(N2C(=O)C(=O)/C(=C(\O)c3ccc([N+](=O)[O-])cc3)C2c2ccccc2)cc1. The topological polar surface area (TPSA) is 130 Å². The molecule has 3 aromatic rings. The number of carbonyl (C=O) groups is 3. The Hall–Kier alpha value is -4.79. The van der Waals surface area contributed by atoms with E-state index in [2.05, 4.69) is 5.32 Å². The Morgan fingerprint density at radius 1 is 0.971 bits per heavy atom. The molecule has 34 heavy (non-hydrogen) atoms. The molecule has 1 heterocycles. The summed E-state index contributed by atoms with van der Waals surface area (Å²) in [5, 5.41) is 24.6. The van der Waals surface area contributed by atoms with Gasteiger partial charge in [-0.2, -0.15) is 0 Å². The molecule has 2 amide bonds. The van der Waals surface area contributed by atoms with Gasteiger partial charge in [-0.1, -0.05) is 30.3 Å². The zero-order chi connectivity index (χ0) is 24.4. The van der Waals surface area contributed by atoms with Crippen molar-refractivity contribution in [3.8, 4) is 0 Å². The number of nitrogens with one attached hydrogen (secondary N) is 1. The molecule has 0 bridgehead atoms. The van der Waals surface area contributed by atoms with E-state index in [9.17, 15) is 29.6 Å². The number of amides is 2. The number of non-ortho nitro benzene ring substituents is 1. The van der Waals surface area contributed by atoms with Crippen LogP contribution in [-0.4, -0.2) is 27.6 Å². The molecule has 0 saturated carbocycles. The number of nitro groups is 1. The van der Waals surface area contributed by atoms with Crippen LogP contribution in [0.4, 0.5) is 17.1 Å². The molecule has 170 valence electrons. The van der Waals surface area contributed by atoms with Gasteiger partial charge in [-0.15, -0.1) is 0 Å². The molecule has 9 heteroatoms. The summed E-state index contributed by atoms with van der Waals surface area (Å²) in [7, 11) is 0. The summed E-state index contributed by atoms with van der Waals surface area (Å²) < 4.78 is 0. The maximum Gasteiger partial charge on any atom is 0.300 e. The number of carbonyl (C=O) groups excluding carboxylic acids is 3. The molecule has 0 spiro atoms. The molecule has 1 aliphatic heterocycles. The number of nitro benzene ring substituents is 1. The predicted molar refractivity (Wildman–Crippen MR) is 125 cm³/mol. The molecule has 1 atom stereocenters. The van der Waals surface area contributed by atoms with Gasteiger partial charge in [-0.05, 0) is 42.0 Å². The normalized spacial score (nSPS) is 17.0. The molecule has 0 radical (unpaired) electrons. The lowest BCUT2D eigenvalue weighted by Crippen LogP contribution is -2.29. The van der Waals surface area contributed by atoms with Gasteiger partial charge in [0.1, 0.15) is 5.76 Å². The average Bonchev–Trinajstić information content (AvgIpc) is 3.10. The molecule has 2 N–H and O–H groups in total. The smallest absolute Gasteiger partial charge is 0.300 e. The fourth-order valence-corrected chi connectivity index (χ4v) is 3.85. The Morgan fingerprint density at radius 3 is 2.15 bits per heavy atom. The monoisotopic (exact) mass is 457 g/mol. The van der Waals surface area contributed by atoms with E-state index >= 15 is 0 Å². The highest BCUT2D eigenvalue weighted by Crippen LogP contribution is 2.42. The van der Waals surface area contributed by atoms with E-state index in [4.69, 9.17) is 0 Å². The fourth-order valence-electron chi connectivity index (χ4n) is 3.85. The second-order valence-electron chi connectivity index (χ2n) is 7.61. The first kappa shape index (κ1) is 22.4. The predicted octanol–water partition coefficient (Wildman–Crippen LogP) is 4.18. The first-order valence-corrected chi connectivity index (χ1v) is 10.3. The third-order valence-electron chi connectivity index (χ3n) is 5.38. The minimum Gasteiger partial charge on any atom is -0.507 e. The highest BCUT2D eigenvalue weighted by Gasteiger charge is 2.46. The molecule has 9 nitrogen and oxygen atoms in total. The molecule has 1 fully saturated rings. The molecule has 3 aromatic carbocycles. The summed E-state index contributed by atoms with van der Waals surface area (Å²) in [5.74, 6) is -2.39. The van der Waals surface area contributed by atoms with Crippen LogP contribution in [0.25, 0.3) is 5.76 Å². The van der Waals surface area contributed by atoms with E-state index in [-0.39, 0.29) is 22.7 Å².